The van der Waals surface area contributed by atoms with Gasteiger partial charge >= 0.3 is 12.3 Å². The summed E-state index contributed by atoms with van der Waals surface area (Å²) >= 11 is 0. The van der Waals surface area contributed by atoms with Crippen LogP contribution in [-0.2, 0) is 10.9 Å². The zero-order chi connectivity index (χ0) is 28.2. The van der Waals surface area contributed by atoms with Gasteiger partial charge in [-0.15, -0.1) is 0 Å². The molecule has 0 spiro atoms. The third-order valence-electron chi connectivity index (χ3n) is 6.87. The van der Waals surface area contributed by atoms with Crippen molar-refractivity contribution in [1.29, 1.82) is 0 Å². The fourth-order valence-corrected chi connectivity index (χ4v) is 4.11. The van der Waals surface area contributed by atoms with Crippen LogP contribution in [0, 0.1) is 5.41 Å². The Labute approximate surface area is 223 Å². The second kappa shape index (κ2) is 11.2. The average molecular weight is 543 g/mol. The third-order valence-corrected chi connectivity index (χ3v) is 6.87. The van der Waals surface area contributed by atoms with E-state index in [0.717, 1.165) is 24.5 Å². The summed E-state index contributed by atoms with van der Waals surface area (Å²) in [6, 6.07) is 11.8. The molecule has 1 aromatic carbocycles. The van der Waals surface area contributed by atoms with Crippen LogP contribution < -0.4 is 15.8 Å². The van der Waals surface area contributed by atoms with Crippen molar-refractivity contribution in [2.45, 2.75) is 32.9 Å². The number of halogens is 3. The number of methoxy groups -OCH3 is 1. The molecule has 3 N–H and O–H groups in total. The molecule has 3 heterocycles. The van der Waals surface area contributed by atoms with Crippen molar-refractivity contribution in [2.75, 3.05) is 26.0 Å². The van der Waals surface area contributed by atoms with Crippen LogP contribution in [0.3, 0.4) is 0 Å². The maximum atomic E-state index is 13.4. The minimum absolute atomic E-state index is 0.189. The molecule has 0 fully saturated rings. The first kappa shape index (κ1) is 27.7. The van der Waals surface area contributed by atoms with Crippen molar-refractivity contribution >= 4 is 17.6 Å². The van der Waals surface area contributed by atoms with E-state index in [4.69, 9.17) is 10.5 Å². The molecule has 1 amide bonds. The number of amides is 1. The molecule has 0 saturated heterocycles. The number of hydrogen-bond donors (Lipinski definition) is 2. The van der Waals surface area contributed by atoms with Gasteiger partial charge in [0.1, 0.15) is 11.6 Å². The number of pyridine rings is 1. The number of nitrogens with one attached hydrogen (secondary N) is 1. The quantitative estimate of drug-likeness (QED) is 0.283. The number of carbonyl (C=O) groups is 1. The summed E-state index contributed by atoms with van der Waals surface area (Å²) in [5.74, 6) is 0.0611. The lowest BCUT2D eigenvalue weighted by atomic mass is 9.83. The molecule has 0 unspecified atom stereocenters. The number of benzene rings is 1. The molecule has 4 aromatic rings. The van der Waals surface area contributed by atoms with Gasteiger partial charge in [0, 0.05) is 29.3 Å². The predicted octanol–water partition coefficient (Wildman–Crippen LogP) is 5.60. The Morgan fingerprint density at radius 2 is 1.74 bits per heavy atom. The molecule has 0 aliphatic carbocycles. The van der Waals surface area contributed by atoms with Crippen molar-refractivity contribution < 1.29 is 27.4 Å². The minimum Gasteiger partial charge on any atom is -0.493 e. The first-order chi connectivity index (χ1) is 18.6. The van der Waals surface area contributed by atoms with Gasteiger partial charge < -0.3 is 20.5 Å². The van der Waals surface area contributed by atoms with E-state index in [1.54, 1.807) is 12.1 Å². The number of nitrogen functional groups attached to an aromatic ring is 1. The number of aromatic nitrogens is 4. The summed E-state index contributed by atoms with van der Waals surface area (Å²) < 4.78 is 52.3. The molecule has 9 nitrogen and oxygen atoms in total. The molecule has 12 heteroatoms. The lowest BCUT2D eigenvalue weighted by molar-refractivity contribution is -0.137. The monoisotopic (exact) mass is 542 g/mol. The van der Waals surface area contributed by atoms with E-state index in [1.807, 2.05) is 38.1 Å². The van der Waals surface area contributed by atoms with Crippen LogP contribution in [-0.4, -0.2) is 45.9 Å². The molecular weight excluding hydrogens is 513 g/mol. The van der Waals surface area contributed by atoms with Crippen molar-refractivity contribution in [1.82, 2.24) is 24.9 Å². The van der Waals surface area contributed by atoms with Crippen LogP contribution in [0.25, 0.3) is 28.2 Å². The maximum Gasteiger partial charge on any atom is 0.419 e. The fourth-order valence-electron chi connectivity index (χ4n) is 4.11. The number of rotatable bonds is 9. The van der Waals surface area contributed by atoms with Crippen molar-refractivity contribution in [3.63, 3.8) is 0 Å². The number of imidazole rings is 1. The highest BCUT2D eigenvalue weighted by Gasteiger charge is 2.34. The zero-order valence-electron chi connectivity index (χ0n) is 21.7. The largest absolute Gasteiger partial charge is 0.493 e. The Morgan fingerprint density at radius 1 is 1.03 bits per heavy atom. The lowest BCUT2D eigenvalue weighted by Gasteiger charge is -2.31. The van der Waals surface area contributed by atoms with Gasteiger partial charge in [0.2, 0.25) is 0 Å². The summed E-state index contributed by atoms with van der Waals surface area (Å²) in [6.45, 7) is 4.92. The summed E-state index contributed by atoms with van der Waals surface area (Å²) in [7, 11) is 1.33. The van der Waals surface area contributed by atoms with Crippen molar-refractivity contribution in [3.05, 3.63) is 60.4 Å². The Bertz CT molecular complexity index is 1450. The van der Waals surface area contributed by atoms with E-state index in [-0.39, 0.29) is 11.0 Å². The van der Waals surface area contributed by atoms with Gasteiger partial charge in [-0.3, -0.25) is 0 Å². The van der Waals surface area contributed by atoms with Gasteiger partial charge in [-0.2, -0.15) is 18.3 Å². The number of alkyl carbamates (subject to hydrolysis) is 1. The topological polar surface area (TPSA) is 117 Å². The van der Waals surface area contributed by atoms with Crippen molar-refractivity contribution in [3.8, 4) is 28.3 Å². The van der Waals surface area contributed by atoms with E-state index in [2.05, 4.69) is 25.1 Å². The van der Waals surface area contributed by atoms with Gasteiger partial charge in [-0.05, 0) is 55.3 Å². The Hall–Kier alpha value is -4.35. The molecule has 0 aliphatic rings. The lowest BCUT2D eigenvalue weighted by Crippen LogP contribution is -2.40. The molecule has 0 aliphatic heterocycles. The number of hydrogen-bond acceptors (Lipinski definition) is 7. The number of ether oxygens (including phenoxy) is 2. The second-order valence-electron chi connectivity index (χ2n) is 9.15. The average Bonchev–Trinajstić information content (AvgIpc) is 3.36. The summed E-state index contributed by atoms with van der Waals surface area (Å²) in [5, 5.41) is 7.37. The number of carbonyl (C=O) groups excluding carboxylic acids is 1. The number of fused-ring (bicyclic) bond motifs is 1. The van der Waals surface area contributed by atoms with Gasteiger partial charge in [0.25, 0.3) is 0 Å². The molecule has 0 atom stereocenters. The van der Waals surface area contributed by atoms with Crippen LogP contribution in [0.15, 0.2) is 54.9 Å². The standard InChI is InChI=1S/C27H29F3N6O3/c1-4-26(5-2,15-34-25(37)38-3)16-39-19-8-6-17(7-9-19)21-10-11-23-32-14-22(36(23)35-21)18-12-20(27(28,29)30)24(31)33-13-18/h6-14H,4-5,15-16H2,1-3H3,(H2,31,33)(H,34,37). The highest BCUT2D eigenvalue weighted by molar-refractivity contribution is 5.68. The minimum atomic E-state index is -4.64. The first-order valence-electron chi connectivity index (χ1n) is 12.3. The third kappa shape index (κ3) is 6.05. The molecule has 3 aromatic heterocycles. The highest BCUT2D eigenvalue weighted by atomic mass is 19.4. The zero-order valence-corrected chi connectivity index (χ0v) is 21.7. The van der Waals surface area contributed by atoms with Gasteiger partial charge in [-0.1, -0.05) is 13.8 Å². The summed E-state index contributed by atoms with van der Waals surface area (Å²) in [4.78, 5) is 19.5. The Balaban J connectivity index is 1.55. The van der Waals surface area contributed by atoms with Crippen LogP contribution in [0.1, 0.15) is 32.3 Å². The Kier molecular flexibility index (Phi) is 7.93. The molecule has 0 radical (unpaired) electrons. The van der Waals surface area contributed by atoms with Gasteiger partial charge in [0.15, 0.2) is 5.65 Å². The normalized spacial score (nSPS) is 11.9. The maximum absolute atomic E-state index is 13.4. The van der Waals surface area contributed by atoms with Crippen LogP contribution in [0.5, 0.6) is 5.75 Å². The molecule has 4 rings (SSSR count). The Morgan fingerprint density at radius 3 is 2.38 bits per heavy atom. The molecule has 0 bridgehead atoms. The SMILES string of the molecule is CCC(CC)(CNC(=O)OC)COc1ccc(-c2ccc3ncc(-c4cnc(N)c(C(F)(F)F)c4)n3n2)cc1. The first-order valence-corrected chi connectivity index (χ1v) is 12.3. The number of alkyl halides is 3. The van der Waals surface area contributed by atoms with E-state index >= 15 is 0 Å². The highest BCUT2D eigenvalue weighted by Crippen LogP contribution is 2.35. The van der Waals surface area contributed by atoms with E-state index in [9.17, 15) is 18.0 Å². The number of anilines is 1. The summed E-state index contributed by atoms with van der Waals surface area (Å²) in [5.41, 5.74) is 6.55. The molecular formula is C27H29F3N6O3. The van der Waals surface area contributed by atoms with Crippen LogP contribution in [0.4, 0.5) is 23.8 Å². The van der Waals surface area contributed by atoms with Crippen LogP contribution >= 0.6 is 0 Å². The predicted molar refractivity (Wildman–Crippen MR) is 140 cm³/mol. The second-order valence-corrected chi connectivity index (χ2v) is 9.15. The van der Waals surface area contributed by atoms with Gasteiger partial charge in [0.05, 0.1) is 36.9 Å². The van der Waals surface area contributed by atoms with E-state index in [1.165, 1.54) is 24.0 Å². The summed E-state index contributed by atoms with van der Waals surface area (Å²) in [6.07, 6.45) is -0.805. The smallest absolute Gasteiger partial charge is 0.419 e. The van der Waals surface area contributed by atoms with E-state index in [0.29, 0.717) is 35.9 Å². The van der Waals surface area contributed by atoms with E-state index < -0.39 is 23.7 Å². The fraction of sp³-hybridized carbons (Fsp3) is 0.333. The van der Waals surface area contributed by atoms with Crippen LogP contribution in [0.2, 0.25) is 0 Å². The number of nitrogens with two attached hydrogens (primary N) is 1. The van der Waals surface area contributed by atoms with Crippen molar-refractivity contribution in [2.24, 2.45) is 5.41 Å². The molecule has 0 saturated carbocycles. The molecule has 206 valence electrons. The molecule has 39 heavy (non-hydrogen) atoms. The number of nitrogens with zero attached hydrogens (tertiary/aromatic N) is 4. The van der Waals surface area contributed by atoms with Gasteiger partial charge in [-0.25, -0.2) is 19.3 Å².